The van der Waals surface area contributed by atoms with Gasteiger partial charge in [-0.2, -0.15) is 0 Å². The van der Waals surface area contributed by atoms with E-state index in [2.05, 4.69) is 21.2 Å². The zero-order valence-electron chi connectivity index (χ0n) is 19.5. The molecule has 0 atom stereocenters. The molecule has 0 fully saturated rings. The van der Waals surface area contributed by atoms with Crippen LogP contribution in [0.25, 0.3) is 6.08 Å². The average Bonchev–Trinajstić information content (AvgIpc) is 2.82. The van der Waals surface area contributed by atoms with Gasteiger partial charge in [0, 0.05) is 17.3 Å². The van der Waals surface area contributed by atoms with Crippen LogP contribution in [0.3, 0.4) is 0 Å². The molecule has 0 aromatic heterocycles. The molecule has 1 N–H and O–H groups in total. The molecule has 0 saturated heterocycles. The van der Waals surface area contributed by atoms with E-state index in [9.17, 15) is 14.0 Å². The Morgan fingerprint density at radius 3 is 2.46 bits per heavy atom. The number of methoxy groups -OCH3 is 1. The van der Waals surface area contributed by atoms with Gasteiger partial charge in [0.05, 0.1) is 23.2 Å². The third-order valence-electron chi connectivity index (χ3n) is 4.74. The lowest BCUT2D eigenvalue weighted by atomic mass is 10.1. The standard InChI is InChI=1S/C27H25BrFNO5/c1-17(2)35-27(32)19-9-11-21(12-10-19)30-25(31)13-8-18-14-22(28)26(24(15-18)33-3)34-16-20-6-4-5-7-23(20)29/h4-15,17H,16H2,1-3H3,(H,30,31)/b13-8+. The van der Waals surface area contributed by atoms with Crippen LogP contribution in [0.4, 0.5) is 10.1 Å². The molecule has 0 aliphatic carbocycles. The quantitative estimate of drug-likeness (QED) is 0.251. The molecule has 0 radical (unpaired) electrons. The minimum atomic E-state index is -0.418. The molecule has 6 nitrogen and oxygen atoms in total. The van der Waals surface area contributed by atoms with Crippen molar-refractivity contribution in [2.45, 2.75) is 26.6 Å². The molecule has 0 heterocycles. The lowest BCUT2D eigenvalue weighted by Crippen LogP contribution is -2.12. The highest BCUT2D eigenvalue weighted by atomic mass is 79.9. The molecule has 0 aliphatic rings. The van der Waals surface area contributed by atoms with Crippen molar-refractivity contribution >= 4 is 39.6 Å². The third kappa shape index (κ3) is 7.42. The maximum atomic E-state index is 13.9. The van der Waals surface area contributed by atoms with Crippen LogP contribution in [0.5, 0.6) is 11.5 Å². The van der Waals surface area contributed by atoms with Crippen molar-refractivity contribution in [3.63, 3.8) is 0 Å². The van der Waals surface area contributed by atoms with Crippen molar-refractivity contribution in [1.29, 1.82) is 0 Å². The summed E-state index contributed by atoms with van der Waals surface area (Å²) in [5.74, 6) is -0.262. The fraction of sp³-hybridized carbons (Fsp3) is 0.185. The summed E-state index contributed by atoms with van der Waals surface area (Å²) in [5, 5.41) is 2.74. The van der Waals surface area contributed by atoms with Crippen LogP contribution in [0.1, 0.15) is 35.3 Å². The van der Waals surface area contributed by atoms with Gasteiger partial charge in [0.2, 0.25) is 5.91 Å². The second-order valence-electron chi connectivity index (χ2n) is 7.77. The number of amides is 1. The average molecular weight is 542 g/mol. The lowest BCUT2D eigenvalue weighted by Gasteiger charge is -2.14. The van der Waals surface area contributed by atoms with Crippen LogP contribution in [-0.2, 0) is 16.1 Å². The molecule has 182 valence electrons. The Hall–Kier alpha value is -3.65. The highest BCUT2D eigenvalue weighted by molar-refractivity contribution is 9.10. The van der Waals surface area contributed by atoms with Crippen LogP contribution in [0.15, 0.2) is 71.2 Å². The van der Waals surface area contributed by atoms with E-state index in [1.807, 2.05) is 0 Å². The number of hydrogen-bond donors (Lipinski definition) is 1. The number of anilines is 1. The Labute approximate surface area is 211 Å². The first-order valence-electron chi connectivity index (χ1n) is 10.8. The monoisotopic (exact) mass is 541 g/mol. The van der Waals surface area contributed by atoms with E-state index in [0.29, 0.717) is 38.3 Å². The highest BCUT2D eigenvalue weighted by Gasteiger charge is 2.13. The van der Waals surface area contributed by atoms with Gasteiger partial charge in [-0.15, -0.1) is 0 Å². The summed E-state index contributed by atoms with van der Waals surface area (Å²) < 4.78 is 30.8. The van der Waals surface area contributed by atoms with Crippen LogP contribution >= 0.6 is 15.9 Å². The van der Waals surface area contributed by atoms with Gasteiger partial charge >= 0.3 is 5.97 Å². The Kier molecular flexibility index (Phi) is 9.03. The zero-order chi connectivity index (χ0) is 25.4. The van der Waals surface area contributed by atoms with Crippen LogP contribution < -0.4 is 14.8 Å². The molecule has 8 heteroatoms. The van der Waals surface area contributed by atoms with Crippen molar-refractivity contribution in [3.8, 4) is 11.5 Å². The van der Waals surface area contributed by atoms with Crippen molar-refractivity contribution in [1.82, 2.24) is 0 Å². The number of benzene rings is 3. The van der Waals surface area contributed by atoms with Gasteiger partial charge in [0.1, 0.15) is 12.4 Å². The second kappa shape index (κ2) is 12.2. The molecular weight excluding hydrogens is 517 g/mol. The number of halogens is 2. The van der Waals surface area contributed by atoms with Gasteiger partial charge in [-0.3, -0.25) is 4.79 Å². The number of esters is 1. The van der Waals surface area contributed by atoms with Crippen molar-refractivity contribution < 1.29 is 28.2 Å². The van der Waals surface area contributed by atoms with Gasteiger partial charge in [-0.25, -0.2) is 9.18 Å². The zero-order valence-corrected chi connectivity index (χ0v) is 21.1. The largest absolute Gasteiger partial charge is 0.493 e. The van der Waals surface area contributed by atoms with E-state index in [4.69, 9.17) is 14.2 Å². The third-order valence-corrected chi connectivity index (χ3v) is 5.33. The van der Waals surface area contributed by atoms with Crippen LogP contribution in [-0.4, -0.2) is 25.1 Å². The molecule has 3 aromatic rings. The van der Waals surface area contributed by atoms with Crippen molar-refractivity contribution in [2.24, 2.45) is 0 Å². The fourth-order valence-electron chi connectivity index (χ4n) is 3.07. The molecule has 0 aliphatic heterocycles. The first kappa shape index (κ1) is 26.0. The smallest absolute Gasteiger partial charge is 0.338 e. The lowest BCUT2D eigenvalue weighted by molar-refractivity contribution is -0.111. The normalized spacial score (nSPS) is 10.9. The molecular formula is C27H25BrFNO5. The minimum absolute atomic E-state index is 0.0349. The molecule has 1 amide bonds. The Bertz CT molecular complexity index is 1220. The summed E-state index contributed by atoms with van der Waals surface area (Å²) in [6, 6.07) is 16.3. The van der Waals surface area contributed by atoms with E-state index < -0.39 is 5.97 Å². The first-order valence-corrected chi connectivity index (χ1v) is 11.6. The summed E-state index contributed by atoms with van der Waals surface area (Å²) in [4.78, 5) is 24.3. The van der Waals surface area contributed by atoms with E-state index in [-0.39, 0.29) is 24.4 Å². The number of nitrogens with one attached hydrogen (secondary N) is 1. The summed E-state index contributed by atoms with van der Waals surface area (Å²) in [5.41, 5.74) is 2.05. The van der Waals surface area contributed by atoms with Crippen LogP contribution in [0, 0.1) is 5.82 Å². The maximum absolute atomic E-state index is 13.9. The summed E-state index contributed by atoms with van der Waals surface area (Å²) in [6.07, 6.45) is 2.79. The van der Waals surface area contributed by atoms with Crippen molar-refractivity contribution in [3.05, 3.63) is 93.7 Å². The van der Waals surface area contributed by atoms with E-state index >= 15 is 0 Å². The predicted molar refractivity (Wildman–Crippen MR) is 136 cm³/mol. The number of rotatable bonds is 9. The number of ether oxygens (including phenoxy) is 3. The van der Waals surface area contributed by atoms with Gasteiger partial charge < -0.3 is 19.5 Å². The first-order chi connectivity index (χ1) is 16.8. The molecule has 3 rings (SSSR count). The molecule has 0 saturated carbocycles. The van der Waals surface area contributed by atoms with Crippen molar-refractivity contribution in [2.75, 3.05) is 12.4 Å². The number of carbonyl (C=O) groups is 2. The summed E-state index contributed by atoms with van der Waals surface area (Å²) in [7, 11) is 1.50. The van der Waals surface area contributed by atoms with Gasteiger partial charge in [-0.05, 0) is 83.9 Å². The summed E-state index contributed by atoms with van der Waals surface area (Å²) in [6.45, 7) is 3.59. The maximum Gasteiger partial charge on any atom is 0.338 e. The number of carbonyl (C=O) groups excluding carboxylic acids is 2. The predicted octanol–water partition coefficient (Wildman–Crippen LogP) is 6.39. The van der Waals surface area contributed by atoms with Gasteiger partial charge in [0.25, 0.3) is 0 Å². The molecule has 0 bridgehead atoms. The molecule has 35 heavy (non-hydrogen) atoms. The summed E-state index contributed by atoms with van der Waals surface area (Å²) >= 11 is 3.45. The van der Waals surface area contributed by atoms with E-state index in [0.717, 1.165) is 0 Å². The van der Waals surface area contributed by atoms with Crippen LogP contribution in [0.2, 0.25) is 0 Å². The molecule has 3 aromatic carbocycles. The molecule has 0 unspecified atom stereocenters. The second-order valence-corrected chi connectivity index (χ2v) is 8.62. The van der Waals surface area contributed by atoms with E-state index in [1.54, 1.807) is 74.5 Å². The highest BCUT2D eigenvalue weighted by Crippen LogP contribution is 2.37. The van der Waals surface area contributed by atoms with Gasteiger partial charge in [0.15, 0.2) is 11.5 Å². The topological polar surface area (TPSA) is 73.9 Å². The fourth-order valence-corrected chi connectivity index (χ4v) is 3.64. The Balaban J connectivity index is 1.65. The Morgan fingerprint density at radius 1 is 1.09 bits per heavy atom. The number of hydrogen-bond acceptors (Lipinski definition) is 5. The van der Waals surface area contributed by atoms with E-state index in [1.165, 1.54) is 19.3 Å². The minimum Gasteiger partial charge on any atom is -0.493 e. The Morgan fingerprint density at radius 2 is 1.80 bits per heavy atom. The molecule has 0 spiro atoms. The SMILES string of the molecule is COc1cc(/C=C/C(=O)Nc2ccc(C(=O)OC(C)C)cc2)cc(Br)c1OCc1ccccc1F. The van der Waals surface area contributed by atoms with Gasteiger partial charge in [-0.1, -0.05) is 18.2 Å².